The van der Waals surface area contributed by atoms with Crippen molar-refractivity contribution in [2.75, 3.05) is 38.2 Å². The van der Waals surface area contributed by atoms with Crippen molar-refractivity contribution in [1.29, 1.82) is 5.26 Å². The maximum absolute atomic E-state index is 12.8. The van der Waals surface area contributed by atoms with E-state index in [4.69, 9.17) is 21.6 Å². The molecular weight excluding hydrogens is 450 g/mol. The number of rotatable bonds is 6. The highest BCUT2D eigenvalue weighted by molar-refractivity contribution is 7.89. The van der Waals surface area contributed by atoms with Crippen molar-refractivity contribution in [3.05, 3.63) is 51.4 Å². The number of nitrogens with one attached hydrogen (secondary N) is 1. The lowest BCUT2D eigenvalue weighted by molar-refractivity contribution is 0.0595. The summed E-state index contributed by atoms with van der Waals surface area (Å²) in [5.74, 6) is 0.406. The lowest BCUT2D eigenvalue weighted by Crippen LogP contribution is -2.41. The van der Waals surface area contributed by atoms with Crippen molar-refractivity contribution in [2.24, 2.45) is 5.92 Å². The number of nitriles is 1. The molecule has 4 rings (SSSR count). The quantitative estimate of drug-likeness (QED) is 0.640. The monoisotopic (exact) mass is 475 g/mol. The standard InChI is InChI=1S/C22H26ClN5O3S/c23-21-20(25-13-17-2-1-11-31-15-17)14-26-28(22(21)29)18-7-9-27(10-8-18)32(30)19-5-3-16(12-24)4-6-19/h3-6,14,17-18,25H,1-2,7-11,13,15H2. The molecule has 0 aliphatic carbocycles. The number of ether oxygens (including phenoxy) is 1. The molecule has 170 valence electrons. The maximum Gasteiger partial charge on any atom is 0.287 e. The first kappa shape index (κ1) is 23.1. The molecule has 1 aromatic heterocycles. The molecule has 2 fully saturated rings. The number of hydrogen-bond acceptors (Lipinski definition) is 7. The lowest BCUT2D eigenvalue weighted by atomic mass is 10.0. The van der Waals surface area contributed by atoms with Gasteiger partial charge in [-0.1, -0.05) is 11.6 Å². The van der Waals surface area contributed by atoms with E-state index in [0.717, 1.165) is 26.1 Å². The molecular formula is C22H26ClN5O3S. The van der Waals surface area contributed by atoms with E-state index in [1.54, 1.807) is 30.5 Å². The van der Waals surface area contributed by atoms with Crippen LogP contribution in [0.2, 0.25) is 5.02 Å². The summed E-state index contributed by atoms with van der Waals surface area (Å²) in [5.41, 5.74) is 0.790. The van der Waals surface area contributed by atoms with E-state index in [1.807, 2.05) is 4.31 Å². The minimum Gasteiger partial charge on any atom is -0.593 e. The van der Waals surface area contributed by atoms with Crippen LogP contribution in [0.5, 0.6) is 0 Å². The molecule has 0 saturated carbocycles. The Bertz CT molecular complexity index is 1010. The molecule has 2 aliphatic heterocycles. The van der Waals surface area contributed by atoms with Gasteiger partial charge in [-0.25, -0.2) is 4.68 Å². The van der Waals surface area contributed by atoms with Crippen molar-refractivity contribution in [3.63, 3.8) is 0 Å². The summed E-state index contributed by atoms with van der Waals surface area (Å²) in [6, 6.07) is 8.75. The predicted molar refractivity (Wildman–Crippen MR) is 123 cm³/mol. The van der Waals surface area contributed by atoms with Gasteiger partial charge in [0.15, 0.2) is 4.90 Å². The van der Waals surface area contributed by atoms with E-state index in [-0.39, 0.29) is 16.6 Å². The summed E-state index contributed by atoms with van der Waals surface area (Å²) >= 11 is 5.07. The Morgan fingerprint density at radius 2 is 2.03 bits per heavy atom. The van der Waals surface area contributed by atoms with Crippen LogP contribution in [0.3, 0.4) is 0 Å². The van der Waals surface area contributed by atoms with Gasteiger partial charge in [0.05, 0.1) is 47.5 Å². The number of anilines is 1. The van der Waals surface area contributed by atoms with Crippen LogP contribution in [0.1, 0.15) is 37.3 Å². The van der Waals surface area contributed by atoms with Gasteiger partial charge in [0.1, 0.15) is 5.02 Å². The van der Waals surface area contributed by atoms with Crippen LogP contribution in [0, 0.1) is 17.2 Å². The second-order valence-electron chi connectivity index (χ2n) is 8.13. The minimum atomic E-state index is -1.30. The fourth-order valence-electron chi connectivity index (χ4n) is 4.10. The van der Waals surface area contributed by atoms with Gasteiger partial charge in [0.25, 0.3) is 5.56 Å². The largest absolute Gasteiger partial charge is 0.593 e. The molecule has 8 nitrogen and oxygen atoms in total. The van der Waals surface area contributed by atoms with Gasteiger partial charge < -0.3 is 14.6 Å². The van der Waals surface area contributed by atoms with Gasteiger partial charge in [0, 0.05) is 26.2 Å². The summed E-state index contributed by atoms with van der Waals surface area (Å²) in [5, 5.41) is 16.7. The first-order valence-electron chi connectivity index (χ1n) is 10.8. The minimum absolute atomic E-state index is 0.0880. The van der Waals surface area contributed by atoms with Crippen molar-refractivity contribution in [3.8, 4) is 6.07 Å². The van der Waals surface area contributed by atoms with Gasteiger partial charge in [0.2, 0.25) is 0 Å². The van der Waals surface area contributed by atoms with Crippen molar-refractivity contribution >= 4 is 28.7 Å². The number of hydrogen-bond donors (Lipinski definition) is 1. The summed E-state index contributed by atoms with van der Waals surface area (Å²) in [6.07, 6.45) is 5.07. The predicted octanol–water partition coefficient (Wildman–Crippen LogP) is 2.97. The van der Waals surface area contributed by atoms with E-state index in [0.29, 0.717) is 54.5 Å². The Morgan fingerprint density at radius 3 is 2.69 bits per heavy atom. The van der Waals surface area contributed by atoms with Crippen LogP contribution in [-0.4, -0.2) is 51.5 Å². The van der Waals surface area contributed by atoms with E-state index < -0.39 is 11.4 Å². The fraction of sp³-hybridized carbons (Fsp3) is 0.500. The second kappa shape index (κ2) is 10.7. The summed E-state index contributed by atoms with van der Waals surface area (Å²) in [7, 11) is 0. The van der Waals surface area contributed by atoms with Crippen LogP contribution < -0.4 is 10.9 Å². The molecule has 0 radical (unpaired) electrons. The second-order valence-corrected chi connectivity index (χ2v) is 10.00. The molecule has 1 aromatic carbocycles. The third kappa shape index (κ3) is 5.27. The molecule has 2 aromatic rings. The van der Waals surface area contributed by atoms with E-state index in [2.05, 4.69) is 16.5 Å². The summed E-state index contributed by atoms with van der Waals surface area (Å²) in [6.45, 7) is 3.38. The smallest absolute Gasteiger partial charge is 0.287 e. The fourth-order valence-corrected chi connectivity index (χ4v) is 5.51. The molecule has 1 N–H and O–H groups in total. The van der Waals surface area contributed by atoms with Crippen molar-refractivity contribution < 1.29 is 9.29 Å². The third-order valence-corrected chi connectivity index (χ3v) is 7.84. The number of aromatic nitrogens is 2. The first-order valence-corrected chi connectivity index (χ1v) is 12.3. The van der Waals surface area contributed by atoms with Crippen LogP contribution >= 0.6 is 11.6 Å². The van der Waals surface area contributed by atoms with Crippen molar-refractivity contribution in [2.45, 2.75) is 36.6 Å². The summed E-state index contributed by atoms with van der Waals surface area (Å²) < 4.78 is 21.7. The van der Waals surface area contributed by atoms with Crippen LogP contribution in [0.15, 0.2) is 40.2 Å². The topological polar surface area (TPSA) is 106 Å². The first-order chi connectivity index (χ1) is 15.6. The Kier molecular flexibility index (Phi) is 7.71. The molecule has 32 heavy (non-hydrogen) atoms. The molecule has 0 amide bonds. The highest BCUT2D eigenvalue weighted by Gasteiger charge is 2.30. The number of benzene rings is 1. The normalized spacial score (nSPS) is 21.1. The molecule has 2 unspecified atom stereocenters. The highest BCUT2D eigenvalue weighted by Crippen LogP contribution is 2.27. The summed E-state index contributed by atoms with van der Waals surface area (Å²) in [4.78, 5) is 13.5. The Balaban J connectivity index is 1.36. The van der Waals surface area contributed by atoms with Gasteiger partial charge in [-0.15, -0.1) is 4.31 Å². The number of nitrogens with zero attached hydrogens (tertiary/aromatic N) is 4. The highest BCUT2D eigenvalue weighted by atomic mass is 35.5. The van der Waals surface area contributed by atoms with Crippen molar-refractivity contribution in [1.82, 2.24) is 14.1 Å². The van der Waals surface area contributed by atoms with E-state index >= 15 is 0 Å². The zero-order valence-electron chi connectivity index (χ0n) is 17.7. The molecule has 2 atom stereocenters. The van der Waals surface area contributed by atoms with Gasteiger partial charge in [-0.3, -0.25) is 4.79 Å². The molecule has 2 saturated heterocycles. The molecule has 3 heterocycles. The van der Waals surface area contributed by atoms with Gasteiger partial charge in [-0.05, 0) is 55.9 Å². The number of halogens is 1. The van der Waals surface area contributed by atoms with Gasteiger partial charge in [-0.2, -0.15) is 10.4 Å². The third-order valence-electron chi connectivity index (χ3n) is 5.97. The van der Waals surface area contributed by atoms with Gasteiger partial charge >= 0.3 is 0 Å². The van der Waals surface area contributed by atoms with Crippen LogP contribution in [-0.2, 0) is 16.1 Å². The zero-order valence-corrected chi connectivity index (χ0v) is 19.3. The molecule has 0 bridgehead atoms. The Labute approximate surface area is 195 Å². The maximum atomic E-state index is 12.8. The molecule has 0 spiro atoms. The van der Waals surface area contributed by atoms with Crippen LogP contribution in [0.4, 0.5) is 5.69 Å². The molecule has 2 aliphatic rings. The number of piperidine rings is 1. The van der Waals surface area contributed by atoms with E-state index in [9.17, 15) is 9.35 Å². The Hall–Kier alpha value is -2.09. The SMILES string of the molecule is N#Cc1ccc([S+]([O-])N2CCC(n3ncc(NCC4CCCOC4)c(Cl)c3=O)CC2)cc1. The Morgan fingerprint density at radius 1 is 1.28 bits per heavy atom. The van der Waals surface area contributed by atoms with E-state index in [1.165, 1.54) is 4.68 Å². The average molecular weight is 476 g/mol. The van der Waals surface area contributed by atoms with Crippen LogP contribution in [0.25, 0.3) is 0 Å². The lowest BCUT2D eigenvalue weighted by Gasteiger charge is -2.32. The molecule has 10 heteroatoms. The average Bonchev–Trinajstić information content (AvgIpc) is 2.85. The zero-order chi connectivity index (χ0) is 22.5.